The molecule has 0 rings (SSSR count). The van der Waals surface area contributed by atoms with Crippen LogP contribution in [0.15, 0.2) is 97.2 Å². The van der Waals surface area contributed by atoms with E-state index in [2.05, 4.69) is 98.9 Å². The third-order valence-corrected chi connectivity index (χ3v) is 8.70. The van der Waals surface area contributed by atoms with Crippen molar-refractivity contribution in [1.29, 1.82) is 0 Å². The van der Waals surface area contributed by atoms with Crippen molar-refractivity contribution in [3.05, 3.63) is 97.2 Å². The van der Waals surface area contributed by atoms with Crippen molar-refractivity contribution in [3.63, 3.8) is 0 Å². The molecule has 0 bridgehead atoms. The highest BCUT2D eigenvalue weighted by Crippen LogP contribution is 2.43. The highest BCUT2D eigenvalue weighted by atomic mass is 31.2. The van der Waals surface area contributed by atoms with Crippen LogP contribution < -0.4 is 5.73 Å². The summed E-state index contributed by atoms with van der Waals surface area (Å²) in [6, 6.07) is 0. The first-order valence-corrected chi connectivity index (χ1v) is 21.7. The smallest absolute Gasteiger partial charge is 0.462 e. The molecular weight excluding hydrogens is 701 g/mol. The maximum Gasteiger partial charge on any atom is 0.472 e. The van der Waals surface area contributed by atoms with Gasteiger partial charge in [0, 0.05) is 19.4 Å². The summed E-state index contributed by atoms with van der Waals surface area (Å²) in [5.41, 5.74) is 5.33. The van der Waals surface area contributed by atoms with Crippen molar-refractivity contribution in [2.45, 2.75) is 142 Å². The van der Waals surface area contributed by atoms with E-state index in [4.69, 9.17) is 24.3 Å². The van der Waals surface area contributed by atoms with Gasteiger partial charge in [-0.25, -0.2) is 4.57 Å². The summed E-state index contributed by atoms with van der Waals surface area (Å²) < 4.78 is 32.6. The molecule has 0 aromatic carbocycles. The van der Waals surface area contributed by atoms with Gasteiger partial charge >= 0.3 is 19.8 Å². The first kappa shape index (κ1) is 50.9. The zero-order valence-electron chi connectivity index (χ0n) is 33.4. The fraction of sp³-hybridized carbons (Fsp3) is 0.591. The van der Waals surface area contributed by atoms with Crippen molar-refractivity contribution in [1.82, 2.24) is 0 Å². The van der Waals surface area contributed by atoms with Crippen LogP contribution in [0.25, 0.3) is 0 Å². The average molecular weight is 774 g/mol. The summed E-state index contributed by atoms with van der Waals surface area (Å²) in [5, 5.41) is 0. The van der Waals surface area contributed by atoms with Crippen LogP contribution in [0.4, 0.5) is 0 Å². The maximum absolute atomic E-state index is 12.5. The van der Waals surface area contributed by atoms with Crippen LogP contribution in [0.1, 0.15) is 136 Å². The molecule has 0 aromatic rings. The third kappa shape index (κ3) is 38.6. The summed E-state index contributed by atoms with van der Waals surface area (Å²) in [4.78, 5) is 34.8. The molecule has 306 valence electrons. The largest absolute Gasteiger partial charge is 0.472 e. The molecule has 10 heteroatoms. The molecule has 2 unspecified atom stereocenters. The van der Waals surface area contributed by atoms with Crippen molar-refractivity contribution in [2.24, 2.45) is 5.73 Å². The molecule has 2 atom stereocenters. The predicted molar refractivity (Wildman–Crippen MR) is 224 cm³/mol. The number of carbonyl (C=O) groups is 2. The Morgan fingerprint density at radius 2 is 1.06 bits per heavy atom. The summed E-state index contributed by atoms with van der Waals surface area (Å²) in [6.45, 7) is 3.44. The summed E-state index contributed by atoms with van der Waals surface area (Å²) in [5.74, 6) is -0.955. The van der Waals surface area contributed by atoms with Gasteiger partial charge in [0.15, 0.2) is 6.10 Å². The van der Waals surface area contributed by atoms with Gasteiger partial charge in [0.2, 0.25) is 0 Å². The molecule has 0 saturated carbocycles. The van der Waals surface area contributed by atoms with E-state index >= 15 is 0 Å². The SMILES string of the molecule is CC/C=C\C/C=C\C/C=C\C/C=C\C/C=C\C/C=C\CCC(=O)OC(COC(=O)CCCCCCC/C=C\C/C=C\CCCC)COP(=O)(O)OCCN. The highest BCUT2D eigenvalue weighted by molar-refractivity contribution is 7.47. The number of allylic oxidation sites excluding steroid dienone is 16. The monoisotopic (exact) mass is 773 g/mol. The Hall–Kier alpha value is -3.07. The van der Waals surface area contributed by atoms with Gasteiger partial charge in [-0.1, -0.05) is 143 Å². The van der Waals surface area contributed by atoms with Gasteiger partial charge in [0.1, 0.15) is 6.61 Å². The van der Waals surface area contributed by atoms with E-state index in [0.29, 0.717) is 12.8 Å². The van der Waals surface area contributed by atoms with E-state index in [1.165, 1.54) is 12.8 Å². The number of esters is 2. The molecule has 0 aromatic heterocycles. The zero-order valence-corrected chi connectivity index (χ0v) is 34.3. The predicted octanol–water partition coefficient (Wildman–Crippen LogP) is 11.4. The Balaban J connectivity index is 4.38. The molecule has 9 nitrogen and oxygen atoms in total. The van der Waals surface area contributed by atoms with Crippen LogP contribution >= 0.6 is 7.82 Å². The third-order valence-electron chi connectivity index (χ3n) is 7.72. The van der Waals surface area contributed by atoms with Crippen molar-refractivity contribution >= 4 is 19.8 Å². The Labute approximate surface area is 327 Å². The van der Waals surface area contributed by atoms with Crippen LogP contribution in [-0.2, 0) is 32.7 Å². The van der Waals surface area contributed by atoms with Crippen molar-refractivity contribution in [3.8, 4) is 0 Å². The molecule has 0 aliphatic heterocycles. The lowest BCUT2D eigenvalue weighted by Crippen LogP contribution is -2.29. The minimum absolute atomic E-state index is 0.0344. The minimum atomic E-state index is -4.40. The number of unbranched alkanes of at least 4 members (excludes halogenated alkanes) is 7. The average Bonchev–Trinajstić information content (AvgIpc) is 3.16. The lowest BCUT2D eigenvalue weighted by Gasteiger charge is -2.19. The van der Waals surface area contributed by atoms with E-state index < -0.39 is 32.5 Å². The van der Waals surface area contributed by atoms with Crippen LogP contribution in [0.5, 0.6) is 0 Å². The molecule has 0 aliphatic rings. The lowest BCUT2D eigenvalue weighted by molar-refractivity contribution is -0.161. The number of hydrogen-bond acceptors (Lipinski definition) is 8. The number of carbonyl (C=O) groups excluding carboxylic acids is 2. The standard InChI is InChI=1S/C44H72NO8P/c1-3-5-7-9-11-13-15-17-19-20-21-22-23-25-27-29-31-33-35-37-44(47)53-42(41-52-54(48,49)51-39-38-45)40-50-43(46)36-34-32-30-28-26-24-18-16-14-12-10-8-6-4-2/h5,7,10-13,16-19,21-22,25,27,31,33,42H,3-4,6,8-9,14-15,20,23-24,26,28-30,32,34-41,45H2,1-2H3,(H,48,49)/b7-5-,12-10-,13-11-,18-16-,19-17-,22-21-,27-25-,33-31-. The van der Waals surface area contributed by atoms with Gasteiger partial charge < -0.3 is 20.1 Å². The molecule has 0 radical (unpaired) electrons. The fourth-order valence-electron chi connectivity index (χ4n) is 4.73. The van der Waals surface area contributed by atoms with Crippen LogP contribution in [0.3, 0.4) is 0 Å². The van der Waals surface area contributed by atoms with Crippen LogP contribution in [-0.4, -0.2) is 49.3 Å². The Bertz CT molecular complexity index is 1200. The first-order valence-electron chi connectivity index (χ1n) is 20.2. The van der Waals surface area contributed by atoms with Gasteiger partial charge in [-0.3, -0.25) is 18.6 Å². The second-order valence-corrected chi connectivity index (χ2v) is 14.2. The summed E-state index contributed by atoms with van der Waals surface area (Å²) in [6.07, 6.45) is 50.2. The normalized spacial score (nSPS) is 14.4. The second-order valence-electron chi connectivity index (χ2n) is 12.8. The van der Waals surface area contributed by atoms with E-state index in [0.717, 1.165) is 83.5 Å². The molecule has 0 amide bonds. The lowest BCUT2D eigenvalue weighted by atomic mass is 10.1. The Morgan fingerprint density at radius 1 is 0.574 bits per heavy atom. The molecule has 0 spiro atoms. The van der Waals surface area contributed by atoms with E-state index in [9.17, 15) is 19.0 Å². The Kier molecular flexibility index (Phi) is 37.4. The number of rotatable bonds is 36. The summed E-state index contributed by atoms with van der Waals surface area (Å²) >= 11 is 0. The van der Waals surface area contributed by atoms with Gasteiger partial charge in [-0.2, -0.15) is 0 Å². The molecule has 0 aliphatic carbocycles. The molecular formula is C44H72NO8P. The van der Waals surface area contributed by atoms with Gasteiger partial charge in [0.25, 0.3) is 0 Å². The highest BCUT2D eigenvalue weighted by Gasteiger charge is 2.25. The van der Waals surface area contributed by atoms with Crippen LogP contribution in [0, 0.1) is 0 Å². The number of hydrogen-bond donors (Lipinski definition) is 2. The molecule has 0 heterocycles. The van der Waals surface area contributed by atoms with E-state index in [1.807, 2.05) is 12.2 Å². The molecule has 3 N–H and O–H groups in total. The van der Waals surface area contributed by atoms with E-state index in [-0.39, 0.29) is 32.6 Å². The Morgan fingerprint density at radius 3 is 1.59 bits per heavy atom. The van der Waals surface area contributed by atoms with Gasteiger partial charge in [-0.05, 0) is 77.0 Å². The number of phosphoric ester groups is 1. The maximum atomic E-state index is 12.5. The number of ether oxygens (including phenoxy) is 2. The first-order chi connectivity index (χ1) is 26.3. The van der Waals surface area contributed by atoms with Gasteiger partial charge in [-0.15, -0.1) is 0 Å². The number of nitrogens with two attached hydrogens (primary N) is 1. The van der Waals surface area contributed by atoms with Crippen molar-refractivity contribution in [2.75, 3.05) is 26.4 Å². The topological polar surface area (TPSA) is 134 Å². The molecule has 0 saturated heterocycles. The van der Waals surface area contributed by atoms with E-state index in [1.54, 1.807) is 0 Å². The second kappa shape index (κ2) is 39.6. The van der Waals surface area contributed by atoms with Gasteiger partial charge in [0.05, 0.1) is 13.2 Å². The summed E-state index contributed by atoms with van der Waals surface area (Å²) in [7, 11) is -4.40. The quantitative estimate of drug-likeness (QED) is 0.0276. The number of phosphoric acid groups is 1. The fourth-order valence-corrected chi connectivity index (χ4v) is 5.50. The zero-order chi connectivity index (χ0) is 39.6. The van der Waals surface area contributed by atoms with Crippen molar-refractivity contribution < 1.29 is 37.6 Å². The minimum Gasteiger partial charge on any atom is -0.462 e. The van der Waals surface area contributed by atoms with Crippen LogP contribution in [0.2, 0.25) is 0 Å². The molecule has 54 heavy (non-hydrogen) atoms. The molecule has 0 fully saturated rings.